The number of rotatable bonds is 2. The summed E-state index contributed by atoms with van der Waals surface area (Å²) in [6, 6.07) is 9.06. The first-order valence-corrected chi connectivity index (χ1v) is 6.88. The highest BCUT2D eigenvalue weighted by molar-refractivity contribution is 9.10. The van der Waals surface area contributed by atoms with Gasteiger partial charge in [0.2, 0.25) is 0 Å². The van der Waals surface area contributed by atoms with Gasteiger partial charge < -0.3 is 5.32 Å². The van der Waals surface area contributed by atoms with E-state index < -0.39 is 17.6 Å². The molecule has 1 N–H and O–H groups in total. The highest BCUT2D eigenvalue weighted by Gasteiger charge is 2.31. The van der Waals surface area contributed by atoms with Gasteiger partial charge in [-0.25, -0.2) is 0 Å². The number of benzene rings is 2. The molecule has 0 saturated heterocycles. The Labute approximate surface area is 132 Å². The minimum absolute atomic E-state index is 0.0461. The smallest absolute Gasteiger partial charge is 0.321 e. The molecule has 0 bridgehead atoms. The maximum absolute atomic E-state index is 12.7. The van der Waals surface area contributed by atoms with E-state index in [1.807, 2.05) is 0 Å². The molecule has 0 aliphatic rings. The number of carbonyl (C=O) groups excluding carboxylic acids is 1. The van der Waals surface area contributed by atoms with Crippen LogP contribution in [0.2, 0.25) is 5.02 Å². The fourth-order valence-corrected chi connectivity index (χ4v) is 2.06. The summed E-state index contributed by atoms with van der Waals surface area (Å²) >= 11 is 8.82. The van der Waals surface area contributed by atoms with Crippen LogP contribution in [-0.4, -0.2) is 5.91 Å². The molecule has 0 aliphatic heterocycles. The Balaban J connectivity index is 2.26. The predicted octanol–water partition coefficient (Wildman–Crippen LogP) is 5.37. The van der Waals surface area contributed by atoms with Gasteiger partial charge >= 0.3 is 6.18 Å². The monoisotopic (exact) mass is 377 g/mol. The van der Waals surface area contributed by atoms with Gasteiger partial charge in [-0.15, -0.1) is 0 Å². The zero-order chi connectivity index (χ0) is 15.6. The lowest BCUT2D eigenvalue weighted by molar-refractivity contribution is -0.137. The van der Waals surface area contributed by atoms with Gasteiger partial charge in [0.25, 0.3) is 5.91 Å². The van der Waals surface area contributed by atoms with Crippen LogP contribution < -0.4 is 5.32 Å². The van der Waals surface area contributed by atoms with Crippen molar-refractivity contribution >= 4 is 39.1 Å². The Bertz CT molecular complexity index is 671. The minimum atomic E-state index is -4.47. The van der Waals surface area contributed by atoms with Crippen molar-refractivity contribution in [3.63, 3.8) is 0 Å². The summed E-state index contributed by atoms with van der Waals surface area (Å²) in [4.78, 5) is 12.0. The number of hydrogen-bond donors (Lipinski definition) is 1. The quantitative estimate of drug-likeness (QED) is 0.747. The molecule has 0 aromatic heterocycles. The third-order valence-corrected chi connectivity index (χ3v) is 3.59. The van der Waals surface area contributed by atoms with Crippen molar-refractivity contribution < 1.29 is 18.0 Å². The van der Waals surface area contributed by atoms with Crippen molar-refractivity contribution in [2.75, 3.05) is 5.32 Å². The Morgan fingerprint density at radius 2 is 1.71 bits per heavy atom. The molecule has 7 heteroatoms. The van der Waals surface area contributed by atoms with Gasteiger partial charge in [0.05, 0.1) is 11.3 Å². The first-order chi connectivity index (χ1) is 9.77. The Kier molecular flexibility index (Phi) is 4.58. The molecule has 2 aromatic rings. The second-order valence-electron chi connectivity index (χ2n) is 4.15. The van der Waals surface area contributed by atoms with E-state index in [0.717, 1.165) is 12.1 Å². The van der Waals surface area contributed by atoms with E-state index in [4.69, 9.17) is 11.6 Å². The summed E-state index contributed by atoms with van der Waals surface area (Å²) in [5.41, 5.74) is -0.495. The fourth-order valence-electron chi connectivity index (χ4n) is 1.59. The van der Waals surface area contributed by atoms with Gasteiger partial charge in [0.15, 0.2) is 0 Å². The number of alkyl halides is 3. The number of carbonyl (C=O) groups is 1. The van der Waals surface area contributed by atoms with Crippen molar-refractivity contribution in [2.45, 2.75) is 6.18 Å². The molecule has 110 valence electrons. The van der Waals surface area contributed by atoms with Gasteiger partial charge in [0.1, 0.15) is 0 Å². The lowest BCUT2D eigenvalue weighted by Crippen LogP contribution is -2.13. The summed E-state index contributed by atoms with van der Waals surface area (Å²) in [5.74, 6) is -0.522. The van der Waals surface area contributed by atoms with E-state index in [1.165, 1.54) is 30.3 Å². The molecular weight excluding hydrogens is 371 g/mol. The zero-order valence-electron chi connectivity index (χ0n) is 10.3. The Hall–Kier alpha value is -1.53. The van der Waals surface area contributed by atoms with Crippen LogP contribution in [-0.2, 0) is 6.18 Å². The number of halogens is 5. The van der Waals surface area contributed by atoms with Crippen LogP contribution in [0.1, 0.15) is 15.9 Å². The minimum Gasteiger partial charge on any atom is -0.321 e. The van der Waals surface area contributed by atoms with Crippen LogP contribution in [0.5, 0.6) is 0 Å². The first kappa shape index (κ1) is 15.9. The molecule has 1 amide bonds. The van der Waals surface area contributed by atoms with Crippen molar-refractivity contribution in [2.24, 2.45) is 0 Å². The van der Waals surface area contributed by atoms with Crippen LogP contribution in [0, 0.1) is 0 Å². The maximum atomic E-state index is 12.7. The van der Waals surface area contributed by atoms with Crippen molar-refractivity contribution in [3.8, 4) is 0 Å². The normalized spacial score (nSPS) is 11.3. The van der Waals surface area contributed by atoms with Crippen molar-refractivity contribution in [3.05, 3.63) is 63.1 Å². The molecule has 0 heterocycles. The second kappa shape index (κ2) is 6.07. The molecule has 0 unspecified atom stereocenters. The molecule has 0 atom stereocenters. The highest BCUT2D eigenvalue weighted by atomic mass is 79.9. The maximum Gasteiger partial charge on any atom is 0.416 e. The lowest BCUT2D eigenvalue weighted by atomic mass is 10.1. The van der Waals surface area contributed by atoms with Crippen LogP contribution in [0.15, 0.2) is 46.9 Å². The van der Waals surface area contributed by atoms with Gasteiger partial charge in [-0.05, 0) is 58.4 Å². The molecule has 0 saturated carbocycles. The molecule has 0 radical (unpaired) electrons. The number of anilines is 1. The third kappa shape index (κ3) is 3.98. The fraction of sp³-hybridized carbons (Fsp3) is 0.0714. The summed E-state index contributed by atoms with van der Waals surface area (Å²) in [5, 5.41) is 2.89. The Morgan fingerprint density at radius 3 is 2.29 bits per heavy atom. The zero-order valence-corrected chi connectivity index (χ0v) is 12.7. The summed E-state index contributed by atoms with van der Waals surface area (Å²) in [6.07, 6.45) is -4.47. The average Bonchev–Trinajstić information content (AvgIpc) is 2.40. The van der Waals surface area contributed by atoms with E-state index in [2.05, 4.69) is 21.2 Å². The van der Waals surface area contributed by atoms with Crippen LogP contribution >= 0.6 is 27.5 Å². The molecular formula is C14H8BrClF3NO. The first-order valence-electron chi connectivity index (χ1n) is 5.71. The average molecular weight is 379 g/mol. The molecule has 2 aromatic carbocycles. The summed E-state index contributed by atoms with van der Waals surface area (Å²) in [6.45, 7) is 0. The van der Waals surface area contributed by atoms with Crippen LogP contribution in [0.4, 0.5) is 18.9 Å². The predicted molar refractivity (Wildman–Crippen MR) is 78.5 cm³/mol. The van der Waals surface area contributed by atoms with E-state index in [9.17, 15) is 18.0 Å². The van der Waals surface area contributed by atoms with E-state index in [0.29, 0.717) is 15.1 Å². The summed E-state index contributed by atoms with van der Waals surface area (Å²) < 4.78 is 38.3. The van der Waals surface area contributed by atoms with Gasteiger partial charge in [-0.3, -0.25) is 4.79 Å². The van der Waals surface area contributed by atoms with Crippen molar-refractivity contribution in [1.82, 2.24) is 0 Å². The summed E-state index contributed by atoms with van der Waals surface area (Å²) in [7, 11) is 0. The largest absolute Gasteiger partial charge is 0.416 e. The standard InChI is InChI=1S/C14H8BrClF3NO/c15-11-6-3-9(14(17,18)19)7-12(11)20-13(21)8-1-4-10(16)5-2-8/h1-7H,(H,20,21). The number of amides is 1. The van der Waals surface area contributed by atoms with Gasteiger partial charge in [-0.1, -0.05) is 11.6 Å². The SMILES string of the molecule is O=C(Nc1cc(C(F)(F)F)ccc1Br)c1ccc(Cl)cc1. The molecule has 2 rings (SSSR count). The van der Waals surface area contributed by atoms with E-state index >= 15 is 0 Å². The highest BCUT2D eigenvalue weighted by Crippen LogP contribution is 2.34. The molecule has 21 heavy (non-hydrogen) atoms. The topological polar surface area (TPSA) is 29.1 Å². The lowest BCUT2D eigenvalue weighted by Gasteiger charge is -2.12. The number of nitrogens with one attached hydrogen (secondary N) is 1. The molecule has 0 fully saturated rings. The van der Waals surface area contributed by atoms with Gasteiger partial charge in [0, 0.05) is 15.1 Å². The van der Waals surface area contributed by atoms with E-state index in [1.54, 1.807) is 0 Å². The van der Waals surface area contributed by atoms with Crippen LogP contribution in [0.3, 0.4) is 0 Å². The molecule has 0 spiro atoms. The van der Waals surface area contributed by atoms with Crippen molar-refractivity contribution in [1.29, 1.82) is 0 Å². The third-order valence-electron chi connectivity index (χ3n) is 2.65. The van der Waals surface area contributed by atoms with E-state index in [-0.39, 0.29) is 5.69 Å². The molecule has 0 aliphatic carbocycles. The molecule has 2 nitrogen and oxygen atoms in total. The second-order valence-corrected chi connectivity index (χ2v) is 5.44. The van der Waals surface area contributed by atoms with Gasteiger partial charge in [-0.2, -0.15) is 13.2 Å². The Morgan fingerprint density at radius 1 is 1.10 bits per heavy atom. The number of hydrogen-bond acceptors (Lipinski definition) is 1. The van der Waals surface area contributed by atoms with Crippen LogP contribution in [0.25, 0.3) is 0 Å².